The first kappa shape index (κ1) is 32.3. The number of hydrogen-bond donors (Lipinski definition) is 2. The topological polar surface area (TPSA) is 109 Å². The number of rotatable bonds is 4. The Balaban J connectivity index is -0.0000000544. The maximum absolute atomic E-state index is 9.78. The molecule has 0 aromatic heterocycles. The van der Waals surface area contributed by atoms with E-state index in [2.05, 4.69) is 0 Å². The molecule has 0 aliphatic heterocycles. The van der Waals surface area contributed by atoms with Crippen molar-refractivity contribution in [3.05, 3.63) is 0 Å². The van der Waals surface area contributed by atoms with E-state index < -0.39 is 0 Å². The van der Waals surface area contributed by atoms with Crippen molar-refractivity contribution in [2.45, 2.75) is 66.6 Å². The third-order valence-electron chi connectivity index (χ3n) is 0.642. The van der Waals surface area contributed by atoms with E-state index in [-0.39, 0.29) is 58.3 Å². The second kappa shape index (κ2) is 27.6. The Morgan fingerprint density at radius 2 is 0.952 bits per heavy atom. The van der Waals surface area contributed by atoms with Crippen molar-refractivity contribution in [3.8, 4) is 0 Å². The van der Waals surface area contributed by atoms with Gasteiger partial charge in [-0.25, -0.2) is 0 Å². The zero-order valence-corrected chi connectivity index (χ0v) is 15.2. The molecular weight excluding hydrogens is 312 g/mol. The third-order valence-corrected chi connectivity index (χ3v) is 0.642. The number of Topliss-reactive ketones (excluding diaryl/α,β-unsaturated/α-hetero) is 2. The number of carbonyl (C=O) groups excluding carboxylic acids is 4. The van der Waals surface area contributed by atoms with Crippen LogP contribution in [0.5, 0.6) is 0 Å². The van der Waals surface area contributed by atoms with Gasteiger partial charge in [0.25, 0.3) is 0 Å². The van der Waals surface area contributed by atoms with Crippen LogP contribution in [0.4, 0.5) is 0 Å². The number of aliphatic hydroxyl groups is 2. The number of carbonyl (C=O) groups is 2. The molecule has 0 fully saturated rings. The van der Waals surface area contributed by atoms with E-state index in [1.54, 1.807) is 27.7 Å². The summed E-state index contributed by atoms with van der Waals surface area (Å²) in [6.07, 6.45) is 2.46. The average molecular weight is 338 g/mol. The Bertz CT molecular complexity index is 220. The summed E-state index contributed by atoms with van der Waals surface area (Å²) in [4.78, 5) is 38.1. The summed E-state index contributed by atoms with van der Waals surface area (Å²) < 4.78 is 0. The first-order valence-electron chi connectivity index (χ1n) is 6.06. The van der Waals surface area contributed by atoms with Crippen molar-refractivity contribution in [1.29, 1.82) is 0 Å². The molecule has 0 rings (SSSR count). The van der Waals surface area contributed by atoms with Gasteiger partial charge in [0, 0.05) is 12.2 Å². The van der Waals surface area contributed by atoms with Gasteiger partial charge in [-0.2, -0.15) is 0 Å². The monoisotopic (exact) mass is 338 g/mol. The summed E-state index contributed by atoms with van der Waals surface area (Å²) in [5.74, 6) is -0.269. The molecule has 2 N–H and O–H groups in total. The van der Waals surface area contributed by atoms with Gasteiger partial charge in [-0.1, -0.05) is 12.8 Å². The van der Waals surface area contributed by atoms with Crippen molar-refractivity contribution in [2.75, 3.05) is 0 Å². The van der Waals surface area contributed by atoms with Crippen molar-refractivity contribution in [3.63, 3.8) is 0 Å². The predicted molar refractivity (Wildman–Crippen MR) is 76.7 cm³/mol. The minimum Gasteiger partial charge on any atom is -0.541 e. The Kier molecular flexibility index (Phi) is 42.5. The molecule has 0 amide bonds. The Morgan fingerprint density at radius 3 is 0.952 bits per heavy atom. The molecule has 0 spiro atoms. The summed E-state index contributed by atoms with van der Waals surface area (Å²) in [6, 6.07) is 0. The minimum atomic E-state index is -0.167. The summed E-state index contributed by atoms with van der Waals surface area (Å²) in [5.41, 5.74) is 0. The molecule has 0 saturated carbocycles. The van der Waals surface area contributed by atoms with Crippen molar-refractivity contribution in [1.82, 2.24) is 0 Å². The van der Waals surface area contributed by atoms with Crippen LogP contribution in [-0.4, -0.2) is 46.6 Å². The quantitative estimate of drug-likeness (QED) is 0.448. The van der Waals surface area contributed by atoms with Crippen molar-refractivity contribution >= 4 is 24.1 Å². The van der Waals surface area contributed by atoms with Crippen molar-refractivity contribution < 1.29 is 51.1 Å². The molecule has 0 aliphatic rings. The largest absolute Gasteiger partial charge is 2.00 e. The fourth-order valence-corrected chi connectivity index (χ4v) is 0.203. The first-order chi connectivity index (χ1) is 9.00. The Labute approximate surface area is 142 Å². The van der Waals surface area contributed by atoms with E-state index >= 15 is 0 Å². The molecule has 0 aromatic rings. The first-order valence-corrected chi connectivity index (χ1v) is 6.06. The molecule has 6 nitrogen and oxygen atoms in total. The predicted octanol–water partition coefficient (Wildman–Crippen LogP) is 0.922. The fraction of sp³-hybridized carbons (Fsp3) is 0.714. The van der Waals surface area contributed by atoms with E-state index in [0.717, 1.165) is 0 Å². The molecule has 0 radical (unpaired) electrons. The molecule has 0 unspecified atom stereocenters. The maximum Gasteiger partial charge on any atom is 2.00 e. The van der Waals surface area contributed by atoms with Crippen LogP contribution in [0.15, 0.2) is 0 Å². The summed E-state index contributed by atoms with van der Waals surface area (Å²) in [5, 5.41) is 16.1. The maximum atomic E-state index is 9.78. The SMILES string of the molecule is CC(=O)C[C-]=O.CC(=O)C[C-]=O.CC(C)O.CC(C)O.[Ti+2]. The van der Waals surface area contributed by atoms with Gasteiger partial charge in [0.05, 0.1) is 0 Å². The third kappa shape index (κ3) is 205. The summed E-state index contributed by atoms with van der Waals surface area (Å²) in [7, 11) is 0. The molecule has 0 saturated heterocycles. The van der Waals surface area contributed by atoms with Crippen LogP contribution in [0.2, 0.25) is 0 Å². The van der Waals surface area contributed by atoms with Gasteiger partial charge in [-0.3, -0.25) is 12.6 Å². The molecular formula is C14H26O6Ti. The molecule has 21 heavy (non-hydrogen) atoms. The molecule has 122 valence electrons. The number of ketones is 2. The van der Waals surface area contributed by atoms with Gasteiger partial charge in [0.15, 0.2) is 0 Å². The zero-order valence-electron chi connectivity index (χ0n) is 13.6. The smallest absolute Gasteiger partial charge is 0.541 e. The molecule has 0 aliphatic carbocycles. The van der Waals surface area contributed by atoms with Gasteiger partial charge < -0.3 is 29.4 Å². The van der Waals surface area contributed by atoms with Crippen LogP contribution in [0, 0.1) is 0 Å². The van der Waals surface area contributed by atoms with Crippen LogP contribution < -0.4 is 0 Å². The number of aliphatic hydroxyl groups excluding tert-OH is 2. The van der Waals surface area contributed by atoms with Gasteiger partial charge in [-0.15, -0.1) is 0 Å². The van der Waals surface area contributed by atoms with Crippen LogP contribution >= 0.6 is 0 Å². The van der Waals surface area contributed by atoms with Crippen LogP contribution in [0.25, 0.3) is 0 Å². The molecule has 7 heteroatoms. The van der Waals surface area contributed by atoms with Crippen LogP contribution in [0.1, 0.15) is 54.4 Å². The van der Waals surface area contributed by atoms with Crippen LogP contribution in [0.3, 0.4) is 0 Å². The molecule has 0 heterocycles. The van der Waals surface area contributed by atoms with Gasteiger partial charge in [-0.05, 0) is 41.5 Å². The fourth-order valence-electron chi connectivity index (χ4n) is 0.203. The second-order valence-corrected chi connectivity index (χ2v) is 4.23. The Hall–Kier alpha value is -0.686. The van der Waals surface area contributed by atoms with E-state index in [0.29, 0.717) is 0 Å². The van der Waals surface area contributed by atoms with E-state index in [4.69, 9.17) is 10.2 Å². The number of hydrogen-bond acceptors (Lipinski definition) is 6. The van der Waals surface area contributed by atoms with Crippen LogP contribution in [-0.2, 0) is 40.9 Å². The second-order valence-electron chi connectivity index (χ2n) is 4.23. The van der Waals surface area contributed by atoms with Gasteiger partial charge in [0.2, 0.25) is 0 Å². The van der Waals surface area contributed by atoms with E-state index in [1.165, 1.54) is 26.4 Å². The van der Waals surface area contributed by atoms with Gasteiger partial charge >= 0.3 is 21.7 Å². The van der Waals surface area contributed by atoms with Crippen molar-refractivity contribution in [2.24, 2.45) is 0 Å². The minimum absolute atomic E-state index is 0. The van der Waals surface area contributed by atoms with E-state index in [9.17, 15) is 19.2 Å². The zero-order chi connectivity index (χ0) is 17.1. The molecule has 0 bridgehead atoms. The summed E-state index contributed by atoms with van der Waals surface area (Å²) in [6.45, 7) is 9.59. The standard InChI is InChI=1S/2C4H5O2.2C3H8O.Ti/c2*1-4(6)2-3-5;2*1-3(2)4;/h2*2H2,1H3;2*3-4H,1-2H3;/q2*-1;;;+2. The van der Waals surface area contributed by atoms with Gasteiger partial charge in [0.1, 0.15) is 11.6 Å². The Morgan fingerprint density at radius 1 is 0.810 bits per heavy atom. The molecule has 0 aromatic carbocycles. The average Bonchev–Trinajstić information content (AvgIpc) is 2.15. The normalized spacial score (nSPS) is 7.71. The molecule has 0 atom stereocenters. The van der Waals surface area contributed by atoms with E-state index in [1.807, 2.05) is 0 Å². The summed E-state index contributed by atoms with van der Waals surface area (Å²) >= 11 is 0.